The molecule has 27 heavy (non-hydrogen) atoms. The minimum Gasteiger partial charge on any atom is -0.325 e. The van der Waals surface area contributed by atoms with Gasteiger partial charge in [0.1, 0.15) is 5.78 Å². The van der Waals surface area contributed by atoms with Crippen molar-refractivity contribution in [2.24, 2.45) is 0 Å². The fraction of sp³-hybridized carbons (Fsp3) is 0.900. The molecule has 0 rings (SSSR count). The van der Waals surface area contributed by atoms with Crippen LogP contribution >= 0.6 is 0 Å². The molecule has 0 unspecified atom stereocenters. The molecule has 7 heteroatoms. The summed E-state index contributed by atoms with van der Waals surface area (Å²) in [5.41, 5.74) is 0. The van der Waals surface area contributed by atoms with Crippen molar-refractivity contribution in [3.05, 3.63) is 0 Å². The van der Waals surface area contributed by atoms with Gasteiger partial charge in [-0.05, 0) is 12.8 Å². The summed E-state index contributed by atoms with van der Waals surface area (Å²) in [5.74, 6) is -0.512. The van der Waals surface area contributed by atoms with Crippen molar-refractivity contribution in [2.75, 3.05) is 0 Å². The van der Waals surface area contributed by atoms with Gasteiger partial charge in [0.2, 0.25) is 0 Å². The van der Waals surface area contributed by atoms with Gasteiger partial charge in [0.15, 0.2) is 0 Å². The Bertz CT molecular complexity index is 487. The summed E-state index contributed by atoms with van der Waals surface area (Å²) in [4.78, 5) is 22.2. The molecule has 0 aromatic heterocycles. The molecule has 0 saturated carbocycles. The van der Waals surface area contributed by atoms with Crippen LogP contribution in [0.15, 0.2) is 0 Å². The van der Waals surface area contributed by atoms with Gasteiger partial charge in [0.25, 0.3) is 0 Å². The Morgan fingerprint density at radius 2 is 1.00 bits per heavy atom. The minimum absolute atomic E-state index is 0.0225. The monoisotopic (exact) mass is 406 g/mol. The van der Waals surface area contributed by atoms with Gasteiger partial charge >= 0.3 is 16.4 Å². The minimum atomic E-state index is -4.66. The Labute approximate surface area is 165 Å². The second kappa shape index (κ2) is 17.2. The van der Waals surface area contributed by atoms with Crippen LogP contribution < -0.4 is 0 Å². The fourth-order valence-electron chi connectivity index (χ4n) is 3.05. The number of hydrogen-bond donors (Lipinski definition) is 1. The topological polar surface area (TPSA) is 97.7 Å². The Hall–Kier alpha value is -0.950. The fourth-order valence-corrected chi connectivity index (χ4v) is 3.37. The summed E-state index contributed by atoms with van der Waals surface area (Å²) in [7, 11) is -4.66. The number of carbonyl (C=O) groups is 2. The van der Waals surface area contributed by atoms with Crippen molar-refractivity contribution in [1.82, 2.24) is 0 Å². The number of carbonyl (C=O) groups excluding carboxylic acids is 2. The van der Waals surface area contributed by atoms with Crippen molar-refractivity contribution >= 4 is 22.2 Å². The summed E-state index contributed by atoms with van der Waals surface area (Å²) >= 11 is 0. The molecule has 0 heterocycles. The Morgan fingerprint density at radius 1 is 0.667 bits per heavy atom. The van der Waals surface area contributed by atoms with Crippen molar-refractivity contribution in [1.29, 1.82) is 0 Å². The number of hydrogen-bond acceptors (Lipinski definition) is 5. The highest BCUT2D eigenvalue weighted by Gasteiger charge is 2.12. The molecule has 0 fully saturated rings. The van der Waals surface area contributed by atoms with E-state index in [1.165, 1.54) is 57.8 Å². The zero-order chi connectivity index (χ0) is 20.4. The van der Waals surface area contributed by atoms with E-state index in [1.807, 2.05) is 6.92 Å². The second-order valence-electron chi connectivity index (χ2n) is 7.23. The van der Waals surface area contributed by atoms with E-state index in [0.29, 0.717) is 18.6 Å². The molecule has 0 spiro atoms. The molecule has 0 saturated heterocycles. The molecule has 160 valence electrons. The number of unbranched alkanes of at least 4 members (excludes halogenated alkanes) is 13. The van der Waals surface area contributed by atoms with Gasteiger partial charge in [-0.3, -0.25) is 14.1 Å². The molecule has 0 aromatic rings. The van der Waals surface area contributed by atoms with Crippen LogP contribution in [0.5, 0.6) is 0 Å². The van der Waals surface area contributed by atoms with Crippen LogP contribution in [0.3, 0.4) is 0 Å². The van der Waals surface area contributed by atoms with Crippen LogP contribution in [0.25, 0.3) is 0 Å². The molecule has 0 radical (unpaired) electrons. The first-order valence-corrected chi connectivity index (χ1v) is 11.9. The highest BCUT2D eigenvalue weighted by Crippen LogP contribution is 2.14. The van der Waals surface area contributed by atoms with Gasteiger partial charge in [-0.15, -0.1) is 0 Å². The molecular weight excluding hydrogens is 368 g/mol. The lowest BCUT2D eigenvalue weighted by atomic mass is 10.0. The highest BCUT2D eigenvalue weighted by atomic mass is 32.3. The smallest absolute Gasteiger partial charge is 0.325 e. The average Bonchev–Trinajstić information content (AvgIpc) is 2.59. The lowest BCUT2D eigenvalue weighted by Gasteiger charge is -2.03. The molecule has 0 bridgehead atoms. The summed E-state index contributed by atoms with van der Waals surface area (Å²) in [6.45, 7) is 1.93. The Kier molecular flexibility index (Phi) is 16.6. The third-order valence-electron chi connectivity index (χ3n) is 4.68. The number of Topliss-reactive ketones (excluding diaryl/α,β-unsaturated/α-hetero) is 1. The third-order valence-corrected chi connectivity index (χ3v) is 5.08. The number of rotatable bonds is 19. The van der Waals surface area contributed by atoms with Crippen LogP contribution in [0.4, 0.5) is 0 Å². The zero-order valence-corrected chi connectivity index (χ0v) is 17.7. The Morgan fingerprint density at radius 3 is 1.33 bits per heavy atom. The first-order valence-electron chi connectivity index (χ1n) is 10.6. The van der Waals surface area contributed by atoms with Crippen molar-refractivity contribution in [3.63, 3.8) is 0 Å². The second-order valence-corrected chi connectivity index (χ2v) is 8.25. The first-order chi connectivity index (χ1) is 12.8. The molecule has 0 amide bonds. The van der Waals surface area contributed by atoms with Gasteiger partial charge in [-0.1, -0.05) is 84.0 Å². The third kappa shape index (κ3) is 21.2. The molecule has 0 aromatic carbocycles. The molecule has 0 aliphatic carbocycles. The largest absolute Gasteiger partial charge is 0.448 e. The van der Waals surface area contributed by atoms with E-state index in [4.69, 9.17) is 4.55 Å². The summed E-state index contributed by atoms with van der Waals surface area (Å²) in [6.07, 6.45) is 17.4. The van der Waals surface area contributed by atoms with Crippen LogP contribution in [-0.4, -0.2) is 24.7 Å². The standard InChI is InChI=1S/C20H38O6S/c1-2-19(21)17-15-13-11-9-7-5-3-4-6-8-10-12-14-16-18-20(22)26-27(23,24)25/h2-18H2,1H3,(H,23,24,25). The van der Waals surface area contributed by atoms with E-state index in [1.54, 1.807) is 0 Å². The average molecular weight is 407 g/mol. The van der Waals surface area contributed by atoms with Crippen LogP contribution in [0.1, 0.15) is 116 Å². The van der Waals surface area contributed by atoms with Crippen molar-refractivity contribution in [3.8, 4) is 0 Å². The molecule has 0 atom stereocenters. The van der Waals surface area contributed by atoms with E-state index >= 15 is 0 Å². The maximum absolute atomic E-state index is 11.2. The van der Waals surface area contributed by atoms with Crippen LogP contribution in [0.2, 0.25) is 0 Å². The predicted octanol–water partition coefficient (Wildman–Crippen LogP) is 5.55. The predicted molar refractivity (Wildman–Crippen MR) is 107 cm³/mol. The molecule has 6 nitrogen and oxygen atoms in total. The quantitative estimate of drug-likeness (QED) is 0.223. The molecule has 0 aliphatic heterocycles. The SMILES string of the molecule is CCC(=O)CCCCCCCCCCCCCCCCC(=O)OS(=O)(=O)O. The Balaban J connectivity index is 3.19. The summed E-state index contributed by atoms with van der Waals surface area (Å²) < 4.78 is 32.9. The van der Waals surface area contributed by atoms with E-state index in [-0.39, 0.29) is 6.42 Å². The lowest BCUT2D eigenvalue weighted by molar-refractivity contribution is -0.134. The van der Waals surface area contributed by atoms with Gasteiger partial charge in [-0.25, -0.2) is 0 Å². The van der Waals surface area contributed by atoms with Crippen molar-refractivity contribution < 1.29 is 26.7 Å². The zero-order valence-electron chi connectivity index (χ0n) is 16.9. The first kappa shape index (κ1) is 26.1. The van der Waals surface area contributed by atoms with Gasteiger partial charge < -0.3 is 4.18 Å². The van der Waals surface area contributed by atoms with Gasteiger partial charge in [0, 0.05) is 19.3 Å². The number of ketones is 1. The highest BCUT2D eigenvalue weighted by molar-refractivity contribution is 7.81. The van der Waals surface area contributed by atoms with Crippen LogP contribution in [-0.2, 0) is 24.2 Å². The van der Waals surface area contributed by atoms with Crippen LogP contribution in [0, 0.1) is 0 Å². The molecule has 0 aliphatic rings. The normalized spacial score (nSPS) is 11.5. The van der Waals surface area contributed by atoms with E-state index in [2.05, 4.69) is 4.18 Å². The molecule has 1 N–H and O–H groups in total. The van der Waals surface area contributed by atoms with E-state index in [0.717, 1.165) is 32.1 Å². The van der Waals surface area contributed by atoms with Crippen molar-refractivity contribution in [2.45, 2.75) is 116 Å². The molecular formula is C20H38O6S. The maximum Gasteiger partial charge on any atom is 0.448 e. The lowest BCUT2D eigenvalue weighted by Crippen LogP contribution is -2.11. The summed E-state index contributed by atoms with van der Waals surface area (Å²) in [6, 6.07) is 0. The van der Waals surface area contributed by atoms with Gasteiger partial charge in [-0.2, -0.15) is 8.42 Å². The van der Waals surface area contributed by atoms with Gasteiger partial charge in [0.05, 0.1) is 0 Å². The van der Waals surface area contributed by atoms with E-state index < -0.39 is 16.4 Å². The maximum atomic E-state index is 11.2. The van der Waals surface area contributed by atoms with E-state index in [9.17, 15) is 18.0 Å². The summed E-state index contributed by atoms with van der Waals surface area (Å²) in [5, 5.41) is 0.